The molecule has 0 atom stereocenters. The second-order valence-corrected chi connectivity index (χ2v) is 8.97. The zero-order valence-electron chi connectivity index (χ0n) is 15.8. The molecular weight excluding hydrogens is 440 g/mol. The number of hydrogen-bond donors (Lipinski definition) is 3. The minimum Gasteiger partial charge on any atom is -0.313 e. The van der Waals surface area contributed by atoms with Gasteiger partial charge >= 0.3 is 6.01 Å². The van der Waals surface area contributed by atoms with Gasteiger partial charge in [0.2, 0.25) is 15.8 Å². The van der Waals surface area contributed by atoms with Crippen molar-refractivity contribution < 1.29 is 17.7 Å². The Kier molecular flexibility index (Phi) is 6.02. The van der Waals surface area contributed by atoms with Crippen LogP contribution in [0.15, 0.2) is 75.7 Å². The maximum absolute atomic E-state index is 12.5. The van der Waals surface area contributed by atoms with E-state index in [0.717, 1.165) is 4.88 Å². The van der Waals surface area contributed by atoms with Crippen molar-refractivity contribution in [3.8, 4) is 11.4 Å². The number of carbonyl (C=O) groups excluding carboxylic acids is 1. The first-order valence-electron chi connectivity index (χ1n) is 8.94. The Hall–Kier alpha value is -3.61. The summed E-state index contributed by atoms with van der Waals surface area (Å²) in [5.74, 6) is -0.247. The average molecular weight is 457 g/mol. The zero-order chi connectivity index (χ0) is 21.7. The number of aromatic nitrogens is 3. The molecule has 3 heterocycles. The fraction of sp³-hybridized carbons (Fsp3) is 0.0526. The van der Waals surface area contributed by atoms with Crippen molar-refractivity contribution >= 4 is 33.3 Å². The van der Waals surface area contributed by atoms with Crippen molar-refractivity contribution in [2.75, 3.05) is 5.43 Å². The van der Waals surface area contributed by atoms with Crippen molar-refractivity contribution in [3.63, 3.8) is 0 Å². The standard InChI is InChI=1S/C19H16N6O4S2/c26-18(23-24-19-22-17(25-29-19)13-6-8-20-9-7-13)14-3-1-5-16(11-14)31(27,28)21-12-15-4-2-10-30-15/h1-11,21H,12H2,(H,23,26)(H,22,24,25). The maximum atomic E-state index is 12.5. The topological polar surface area (TPSA) is 139 Å². The summed E-state index contributed by atoms with van der Waals surface area (Å²) >= 11 is 1.45. The van der Waals surface area contributed by atoms with Crippen LogP contribution < -0.4 is 15.6 Å². The highest BCUT2D eigenvalue weighted by atomic mass is 32.2. The first-order valence-corrected chi connectivity index (χ1v) is 11.3. The third kappa shape index (κ3) is 5.12. The Morgan fingerprint density at radius 1 is 1.10 bits per heavy atom. The Labute approximate surface area is 181 Å². The summed E-state index contributed by atoms with van der Waals surface area (Å²) in [6, 6.07) is 12.8. The van der Waals surface area contributed by atoms with Gasteiger partial charge in [-0.2, -0.15) is 4.98 Å². The normalized spacial score (nSPS) is 11.2. The van der Waals surface area contributed by atoms with E-state index in [0.29, 0.717) is 11.4 Å². The number of hydrazine groups is 1. The molecule has 1 amide bonds. The highest BCUT2D eigenvalue weighted by Crippen LogP contribution is 2.16. The number of rotatable bonds is 8. The molecule has 1 aromatic carbocycles. The number of amides is 1. The fourth-order valence-corrected chi connectivity index (χ4v) is 4.33. The number of sulfonamides is 1. The van der Waals surface area contributed by atoms with Crippen LogP contribution in [0.2, 0.25) is 0 Å². The van der Waals surface area contributed by atoms with Crippen LogP contribution in [0.3, 0.4) is 0 Å². The summed E-state index contributed by atoms with van der Waals surface area (Å²) in [6.45, 7) is 0.176. The van der Waals surface area contributed by atoms with E-state index in [4.69, 9.17) is 4.52 Å². The molecule has 4 aromatic rings. The number of anilines is 1. The molecule has 3 aromatic heterocycles. The molecule has 0 spiro atoms. The van der Waals surface area contributed by atoms with Crippen molar-refractivity contribution in [2.24, 2.45) is 0 Å². The Balaban J connectivity index is 1.39. The van der Waals surface area contributed by atoms with Crippen molar-refractivity contribution in [1.82, 2.24) is 25.3 Å². The average Bonchev–Trinajstić information content (AvgIpc) is 3.49. The first-order chi connectivity index (χ1) is 15.0. The summed E-state index contributed by atoms with van der Waals surface area (Å²) < 4.78 is 32.6. The maximum Gasteiger partial charge on any atom is 0.340 e. The van der Waals surface area contributed by atoms with Gasteiger partial charge in [0.15, 0.2) is 0 Å². The second kappa shape index (κ2) is 9.04. The van der Waals surface area contributed by atoms with E-state index in [9.17, 15) is 13.2 Å². The number of hydrogen-bond acceptors (Lipinski definition) is 9. The number of benzene rings is 1. The van der Waals surface area contributed by atoms with Crippen LogP contribution in [-0.2, 0) is 16.6 Å². The van der Waals surface area contributed by atoms with Crippen LogP contribution >= 0.6 is 11.3 Å². The predicted octanol–water partition coefficient (Wildman–Crippen LogP) is 2.43. The molecule has 0 aliphatic rings. The summed E-state index contributed by atoms with van der Waals surface area (Å²) in [4.78, 5) is 21.3. The van der Waals surface area contributed by atoms with Crippen molar-refractivity contribution in [1.29, 1.82) is 0 Å². The Morgan fingerprint density at radius 2 is 1.94 bits per heavy atom. The van der Waals surface area contributed by atoms with Gasteiger partial charge in [-0.05, 0) is 41.8 Å². The third-order valence-corrected chi connectivity index (χ3v) is 6.35. The number of thiophene rings is 1. The van der Waals surface area contributed by atoms with E-state index in [1.807, 2.05) is 17.5 Å². The van der Waals surface area contributed by atoms with Gasteiger partial charge < -0.3 is 4.52 Å². The number of nitrogens with zero attached hydrogens (tertiary/aromatic N) is 3. The highest BCUT2D eigenvalue weighted by Gasteiger charge is 2.17. The van der Waals surface area contributed by atoms with E-state index < -0.39 is 15.9 Å². The summed E-state index contributed by atoms with van der Waals surface area (Å²) in [5.41, 5.74) is 5.76. The second-order valence-electron chi connectivity index (χ2n) is 6.17. The highest BCUT2D eigenvalue weighted by molar-refractivity contribution is 7.89. The minimum absolute atomic E-state index is 0.0190. The van der Waals surface area contributed by atoms with E-state index >= 15 is 0 Å². The lowest BCUT2D eigenvalue weighted by molar-refractivity contribution is 0.0961. The smallest absolute Gasteiger partial charge is 0.313 e. The first kappa shape index (κ1) is 20.7. The Morgan fingerprint density at radius 3 is 2.71 bits per heavy atom. The SMILES string of the molecule is O=C(NNc1nc(-c2ccncc2)no1)c1cccc(S(=O)(=O)NCc2cccs2)c1. The van der Waals surface area contributed by atoms with Crippen LogP contribution in [0.4, 0.5) is 6.01 Å². The van der Waals surface area contributed by atoms with Crippen LogP contribution in [0.5, 0.6) is 0 Å². The molecule has 0 fully saturated rings. The van der Waals surface area contributed by atoms with Crippen LogP contribution in [0, 0.1) is 0 Å². The lowest BCUT2D eigenvalue weighted by Gasteiger charge is -2.08. The monoisotopic (exact) mass is 456 g/mol. The molecule has 0 aliphatic heterocycles. The molecule has 158 valence electrons. The van der Waals surface area contributed by atoms with Gasteiger partial charge in [0, 0.05) is 34.9 Å². The summed E-state index contributed by atoms with van der Waals surface area (Å²) in [5, 5.41) is 5.68. The lowest BCUT2D eigenvalue weighted by Crippen LogP contribution is -2.30. The lowest BCUT2D eigenvalue weighted by atomic mass is 10.2. The molecule has 0 radical (unpaired) electrons. The largest absolute Gasteiger partial charge is 0.340 e. The van der Waals surface area contributed by atoms with Crippen LogP contribution in [-0.4, -0.2) is 29.4 Å². The number of pyridine rings is 1. The quantitative estimate of drug-likeness (QED) is 0.344. The van der Waals surface area contributed by atoms with Gasteiger partial charge in [-0.3, -0.25) is 15.2 Å². The van der Waals surface area contributed by atoms with E-state index in [2.05, 4.69) is 30.7 Å². The molecule has 0 unspecified atom stereocenters. The van der Waals surface area contributed by atoms with Gasteiger partial charge in [0.1, 0.15) is 0 Å². The van der Waals surface area contributed by atoms with Gasteiger partial charge in [-0.25, -0.2) is 18.6 Å². The van der Waals surface area contributed by atoms with E-state index in [-0.39, 0.29) is 23.0 Å². The van der Waals surface area contributed by atoms with Crippen LogP contribution in [0.1, 0.15) is 15.2 Å². The molecule has 0 saturated carbocycles. The summed E-state index contributed by atoms with van der Waals surface area (Å²) in [7, 11) is -3.78. The molecule has 0 saturated heterocycles. The Bertz CT molecular complexity index is 1270. The molecule has 12 heteroatoms. The molecule has 0 bridgehead atoms. The van der Waals surface area contributed by atoms with Crippen molar-refractivity contribution in [2.45, 2.75) is 11.4 Å². The van der Waals surface area contributed by atoms with E-state index in [1.165, 1.54) is 35.6 Å². The molecule has 10 nitrogen and oxygen atoms in total. The van der Waals surface area contributed by atoms with E-state index in [1.54, 1.807) is 24.5 Å². The van der Waals surface area contributed by atoms with Crippen molar-refractivity contribution in [3.05, 3.63) is 76.7 Å². The zero-order valence-corrected chi connectivity index (χ0v) is 17.5. The summed E-state index contributed by atoms with van der Waals surface area (Å²) in [6.07, 6.45) is 3.19. The molecule has 31 heavy (non-hydrogen) atoms. The third-order valence-electron chi connectivity index (χ3n) is 4.07. The van der Waals surface area contributed by atoms with Gasteiger partial charge in [0.05, 0.1) is 4.90 Å². The molecule has 3 N–H and O–H groups in total. The minimum atomic E-state index is -3.78. The molecular formula is C19H16N6O4S2. The molecule has 4 rings (SSSR count). The number of carbonyl (C=O) groups is 1. The molecule has 0 aliphatic carbocycles. The van der Waals surface area contributed by atoms with Gasteiger partial charge in [-0.1, -0.05) is 17.3 Å². The van der Waals surface area contributed by atoms with Crippen LogP contribution in [0.25, 0.3) is 11.4 Å². The van der Waals surface area contributed by atoms with Gasteiger partial charge in [0.25, 0.3) is 5.91 Å². The predicted molar refractivity (Wildman–Crippen MR) is 113 cm³/mol. The fourth-order valence-electron chi connectivity index (χ4n) is 2.54. The number of nitrogens with one attached hydrogen (secondary N) is 3. The van der Waals surface area contributed by atoms with Gasteiger partial charge in [-0.15, -0.1) is 11.3 Å².